The van der Waals surface area contributed by atoms with Crippen LogP contribution >= 0.6 is 15.9 Å². The van der Waals surface area contributed by atoms with E-state index in [1.807, 2.05) is 0 Å². The van der Waals surface area contributed by atoms with Crippen molar-refractivity contribution in [3.05, 3.63) is 33.1 Å². The number of nitro groups is 1. The van der Waals surface area contributed by atoms with E-state index >= 15 is 0 Å². The highest BCUT2D eigenvalue weighted by atomic mass is 79.9. The topological polar surface area (TPSA) is 76.8 Å². The Kier molecular flexibility index (Phi) is 6.72. The van der Waals surface area contributed by atoms with Crippen molar-refractivity contribution in [1.29, 1.82) is 0 Å². The van der Waals surface area contributed by atoms with Gasteiger partial charge in [0, 0.05) is 32.9 Å². The zero-order chi connectivity index (χ0) is 14.3. The van der Waals surface area contributed by atoms with E-state index in [-0.39, 0.29) is 11.4 Å². The van der Waals surface area contributed by atoms with Crippen molar-refractivity contribution in [2.45, 2.75) is 12.8 Å². The zero-order valence-electron chi connectivity index (χ0n) is 10.9. The number of hydrogen-bond donors (Lipinski definition) is 1. The Bertz CT molecular complexity index is 401. The third-order valence-electron chi connectivity index (χ3n) is 2.88. The molecule has 0 amide bonds. The minimum Gasteiger partial charge on any atom is -0.382 e. The summed E-state index contributed by atoms with van der Waals surface area (Å²) in [7, 11) is 1.71. The molecule has 0 aromatic rings. The molecule has 6 nitrogen and oxygen atoms in total. The van der Waals surface area contributed by atoms with E-state index in [2.05, 4.69) is 32.8 Å². The van der Waals surface area contributed by atoms with Crippen molar-refractivity contribution in [1.82, 2.24) is 5.32 Å². The highest BCUT2D eigenvalue weighted by Crippen LogP contribution is 2.16. The predicted molar refractivity (Wildman–Crippen MR) is 78.0 cm³/mol. The van der Waals surface area contributed by atoms with Crippen molar-refractivity contribution < 1.29 is 9.66 Å². The van der Waals surface area contributed by atoms with Gasteiger partial charge in [0.05, 0.1) is 9.53 Å². The Balaban J connectivity index is 2.76. The molecule has 0 aromatic heterocycles. The summed E-state index contributed by atoms with van der Waals surface area (Å²) in [5, 5.41) is 13.6. The van der Waals surface area contributed by atoms with Gasteiger partial charge < -0.3 is 10.1 Å². The molecule has 0 atom stereocenters. The lowest BCUT2D eigenvalue weighted by Crippen LogP contribution is -2.19. The zero-order valence-corrected chi connectivity index (χ0v) is 12.5. The lowest BCUT2D eigenvalue weighted by molar-refractivity contribution is -0.414. The van der Waals surface area contributed by atoms with Gasteiger partial charge in [-0.05, 0) is 41.3 Å². The molecule has 0 unspecified atom stereocenters. The first-order chi connectivity index (χ1) is 9.04. The van der Waals surface area contributed by atoms with Crippen LogP contribution < -0.4 is 5.32 Å². The molecule has 106 valence electrons. The molecule has 0 saturated carbocycles. The van der Waals surface area contributed by atoms with E-state index in [0.717, 1.165) is 26.1 Å². The van der Waals surface area contributed by atoms with Crippen LogP contribution in [0.3, 0.4) is 0 Å². The first-order valence-electron chi connectivity index (χ1n) is 6.05. The van der Waals surface area contributed by atoms with Crippen LogP contribution in [0.5, 0.6) is 0 Å². The summed E-state index contributed by atoms with van der Waals surface area (Å²) < 4.78 is 5.90. The average Bonchev–Trinajstić information content (AvgIpc) is 2.43. The van der Waals surface area contributed by atoms with E-state index < -0.39 is 4.92 Å². The summed E-state index contributed by atoms with van der Waals surface area (Å²) in [6.45, 7) is 5.50. The van der Waals surface area contributed by atoms with Gasteiger partial charge in [0.2, 0.25) is 0 Å². The van der Waals surface area contributed by atoms with E-state index in [1.54, 1.807) is 13.1 Å². The number of hydrogen-bond acceptors (Lipinski definition) is 5. The van der Waals surface area contributed by atoms with Gasteiger partial charge in [-0.2, -0.15) is 0 Å². The second-order valence-electron chi connectivity index (χ2n) is 4.23. The number of aliphatic imine (C=N–C) groups is 1. The van der Waals surface area contributed by atoms with E-state index in [4.69, 9.17) is 4.74 Å². The molecule has 0 radical (unpaired) electrons. The molecule has 0 bridgehead atoms. The normalized spacial score (nSPS) is 18.2. The van der Waals surface area contributed by atoms with Crippen LogP contribution in [-0.4, -0.2) is 37.4 Å². The monoisotopic (exact) mass is 331 g/mol. The Morgan fingerprint density at radius 1 is 1.63 bits per heavy atom. The summed E-state index contributed by atoms with van der Waals surface area (Å²) in [4.78, 5) is 14.6. The Hall–Kier alpha value is -1.21. The Morgan fingerprint density at radius 2 is 2.26 bits per heavy atom. The van der Waals surface area contributed by atoms with E-state index in [0.29, 0.717) is 17.1 Å². The molecule has 1 heterocycles. The summed E-state index contributed by atoms with van der Waals surface area (Å²) in [5.74, 6) is 0.421. The minimum atomic E-state index is -0.519. The van der Waals surface area contributed by atoms with Gasteiger partial charge in [0.25, 0.3) is 5.70 Å². The largest absolute Gasteiger partial charge is 0.382 e. The fourth-order valence-corrected chi connectivity index (χ4v) is 1.88. The van der Waals surface area contributed by atoms with Crippen LogP contribution in [0.25, 0.3) is 0 Å². The van der Waals surface area contributed by atoms with Gasteiger partial charge in [-0.15, -0.1) is 0 Å². The quantitative estimate of drug-likeness (QED) is 0.350. The number of allylic oxidation sites excluding steroid dienone is 1. The molecule has 19 heavy (non-hydrogen) atoms. The molecule has 7 heteroatoms. The van der Waals surface area contributed by atoms with Gasteiger partial charge in [0.1, 0.15) is 5.71 Å². The second kappa shape index (κ2) is 8.06. The van der Waals surface area contributed by atoms with Gasteiger partial charge in [-0.1, -0.05) is 0 Å². The molecular weight excluding hydrogens is 314 g/mol. The molecular formula is C12H18BrN3O3. The molecule has 1 fully saturated rings. The summed E-state index contributed by atoms with van der Waals surface area (Å²) in [5.41, 5.74) is 0.0944. The van der Waals surface area contributed by atoms with Gasteiger partial charge >= 0.3 is 0 Å². The first kappa shape index (κ1) is 15.8. The third-order valence-corrected chi connectivity index (χ3v) is 3.50. The van der Waals surface area contributed by atoms with Crippen molar-refractivity contribution in [3.8, 4) is 0 Å². The molecule has 1 rings (SSSR count). The SMILES string of the molecule is C=C(C(C=C(Br)NC)=NCC1CCOCC1)[N+](=O)[O-]. The van der Waals surface area contributed by atoms with Crippen molar-refractivity contribution in [2.24, 2.45) is 10.9 Å². The second-order valence-corrected chi connectivity index (χ2v) is 5.08. The van der Waals surface area contributed by atoms with Gasteiger partial charge in [0.15, 0.2) is 0 Å². The van der Waals surface area contributed by atoms with Gasteiger partial charge in [-0.3, -0.25) is 15.1 Å². The van der Waals surface area contributed by atoms with Crippen LogP contribution in [0.1, 0.15) is 12.8 Å². The maximum atomic E-state index is 10.8. The Morgan fingerprint density at radius 3 is 2.79 bits per heavy atom. The number of nitrogens with one attached hydrogen (secondary N) is 1. The van der Waals surface area contributed by atoms with E-state index in [9.17, 15) is 10.1 Å². The smallest absolute Gasteiger partial charge is 0.287 e. The number of halogens is 1. The Labute approximate surface area is 120 Å². The van der Waals surface area contributed by atoms with Crippen molar-refractivity contribution in [2.75, 3.05) is 26.8 Å². The summed E-state index contributed by atoms with van der Waals surface area (Å²) in [6, 6.07) is 0. The van der Waals surface area contributed by atoms with Crippen LogP contribution in [0.15, 0.2) is 28.0 Å². The summed E-state index contributed by atoms with van der Waals surface area (Å²) >= 11 is 3.25. The van der Waals surface area contributed by atoms with E-state index in [1.165, 1.54) is 0 Å². The summed E-state index contributed by atoms with van der Waals surface area (Å²) in [6.07, 6.45) is 3.46. The molecule has 0 aliphatic carbocycles. The maximum absolute atomic E-state index is 10.8. The fraction of sp³-hybridized carbons (Fsp3) is 0.583. The molecule has 0 spiro atoms. The highest BCUT2D eigenvalue weighted by molar-refractivity contribution is 9.11. The third kappa shape index (κ3) is 5.52. The van der Waals surface area contributed by atoms with Crippen LogP contribution in [0.4, 0.5) is 0 Å². The minimum absolute atomic E-state index is 0.195. The van der Waals surface area contributed by atoms with Crippen LogP contribution in [0.2, 0.25) is 0 Å². The average molecular weight is 332 g/mol. The predicted octanol–water partition coefficient (Wildman–Crippen LogP) is 2.10. The highest BCUT2D eigenvalue weighted by Gasteiger charge is 2.17. The van der Waals surface area contributed by atoms with Crippen LogP contribution in [-0.2, 0) is 4.74 Å². The fourth-order valence-electron chi connectivity index (χ4n) is 1.66. The number of rotatable bonds is 6. The molecule has 1 aliphatic heterocycles. The number of ether oxygens (including phenoxy) is 1. The lowest BCUT2D eigenvalue weighted by atomic mass is 10.0. The van der Waals surface area contributed by atoms with Crippen molar-refractivity contribution >= 4 is 21.6 Å². The van der Waals surface area contributed by atoms with Gasteiger partial charge in [-0.25, -0.2) is 0 Å². The van der Waals surface area contributed by atoms with Crippen molar-refractivity contribution in [3.63, 3.8) is 0 Å². The molecule has 1 N–H and O–H groups in total. The molecule has 0 aromatic carbocycles. The van der Waals surface area contributed by atoms with Crippen LogP contribution in [0, 0.1) is 16.0 Å². The molecule has 1 aliphatic rings. The standard InChI is InChI=1S/C12H18BrN3O3/c1-9(16(17)18)11(7-12(13)14-2)15-8-10-3-5-19-6-4-10/h7,10,14H,1,3-6,8H2,2H3. The maximum Gasteiger partial charge on any atom is 0.287 e. The lowest BCUT2D eigenvalue weighted by Gasteiger charge is -2.20. The number of nitrogens with zero attached hydrogens (tertiary/aromatic N) is 2. The first-order valence-corrected chi connectivity index (χ1v) is 6.84. The molecule has 1 saturated heterocycles.